The van der Waals surface area contributed by atoms with Crippen molar-refractivity contribution in [1.82, 2.24) is 19.2 Å². The molecule has 2 fully saturated rings. The number of sulfone groups is 1. The van der Waals surface area contributed by atoms with Crippen LogP contribution in [0.5, 0.6) is 0 Å². The van der Waals surface area contributed by atoms with Gasteiger partial charge in [0.15, 0.2) is 9.84 Å². The van der Waals surface area contributed by atoms with Crippen LogP contribution in [0.3, 0.4) is 0 Å². The maximum absolute atomic E-state index is 13.3. The van der Waals surface area contributed by atoms with Gasteiger partial charge in [0.05, 0.1) is 23.7 Å². The van der Waals surface area contributed by atoms with Crippen LogP contribution in [-0.4, -0.2) is 51.6 Å². The molecule has 0 spiro atoms. The average molecular weight is 376 g/mol. The summed E-state index contributed by atoms with van der Waals surface area (Å²) in [7, 11) is -1.38. The molecule has 2 aromatic rings. The van der Waals surface area contributed by atoms with E-state index >= 15 is 0 Å². The third-order valence-electron chi connectivity index (χ3n) is 5.52. The van der Waals surface area contributed by atoms with E-state index in [1.807, 2.05) is 18.3 Å². The second-order valence-corrected chi connectivity index (χ2v) is 9.54. The Morgan fingerprint density at radius 3 is 2.73 bits per heavy atom. The highest BCUT2D eigenvalue weighted by atomic mass is 32.2. The van der Waals surface area contributed by atoms with E-state index in [1.54, 1.807) is 29.0 Å². The van der Waals surface area contributed by atoms with Gasteiger partial charge in [0, 0.05) is 37.6 Å². The minimum absolute atomic E-state index is 0.0135. The Morgan fingerprint density at radius 2 is 2.04 bits per heavy atom. The number of carbonyl (C=O) groups excluding carboxylic acids is 1. The number of aryl methyl sites for hydroxylation is 1. The van der Waals surface area contributed by atoms with Crippen molar-refractivity contribution < 1.29 is 13.2 Å². The molecule has 8 heteroatoms. The highest BCUT2D eigenvalue weighted by molar-refractivity contribution is 7.91. The SMILES string of the molecule is Cn1cc(C2CS(=O)(=O)CCN2C(=O)c2cccn2C2CCCC2)cn1. The fourth-order valence-corrected chi connectivity index (χ4v) is 5.66. The van der Waals surface area contributed by atoms with Crippen LogP contribution in [0.2, 0.25) is 0 Å². The minimum Gasteiger partial charge on any atom is -0.340 e. The number of nitrogens with zero attached hydrogens (tertiary/aromatic N) is 4. The molecule has 0 aromatic carbocycles. The van der Waals surface area contributed by atoms with E-state index in [4.69, 9.17) is 0 Å². The zero-order valence-electron chi connectivity index (χ0n) is 14.9. The van der Waals surface area contributed by atoms with E-state index in [2.05, 4.69) is 9.67 Å². The smallest absolute Gasteiger partial charge is 0.271 e. The molecule has 1 unspecified atom stereocenters. The Labute approximate surface area is 153 Å². The van der Waals surface area contributed by atoms with Crippen LogP contribution < -0.4 is 0 Å². The predicted molar refractivity (Wildman–Crippen MR) is 97.6 cm³/mol. The maximum Gasteiger partial charge on any atom is 0.271 e. The first-order chi connectivity index (χ1) is 12.4. The van der Waals surface area contributed by atoms with E-state index in [0.29, 0.717) is 11.7 Å². The van der Waals surface area contributed by atoms with E-state index < -0.39 is 15.9 Å². The normalized spacial score (nSPS) is 23.4. The van der Waals surface area contributed by atoms with Crippen LogP contribution in [0, 0.1) is 0 Å². The van der Waals surface area contributed by atoms with Crippen molar-refractivity contribution in [3.63, 3.8) is 0 Å². The van der Waals surface area contributed by atoms with Crippen molar-refractivity contribution in [1.29, 1.82) is 0 Å². The minimum atomic E-state index is -3.17. The summed E-state index contributed by atoms with van der Waals surface area (Å²) in [6.45, 7) is 0.219. The van der Waals surface area contributed by atoms with Gasteiger partial charge in [-0.1, -0.05) is 12.8 Å². The summed E-state index contributed by atoms with van der Waals surface area (Å²) in [4.78, 5) is 15.0. The first-order valence-corrected chi connectivity index (χ1v) is 10.9. The third kappa shape index (κ3) is 3.18. The van der Waals surface area contributed by atoms with Crippen LogP contribution in [0.1, 0.15) is 53.8 Å². The zero-order valence-corrected chi connectivity index (χ0v) is 15.7. The quantitative estimate of drug-likeness (QED) is 0.820. The molecule has 7 nitrogen and oxygen atoms in total. The van der Waals surface area contributed by atoms with E-state index in [-0.39, 0.29) is 24.0 Å². The van der Waals surface area contributed by atoms with Crippen LogP contribution in [0.15, 0.2) is 30.7 Å². The number of aromatic nitrogens is 3. The van der Waals surface area contributed by atoms with Gasteiger partial charge >= 0.3 is 0 Å². The molecule has 140 valence electrons. The van der Waals surface area contributed by atoms with E-state index in [9.17, 15) is 13.2 Å². The van der Waals surface area contributed by atoms with Crippen LogP contribution in [0.25, 0.3) is 0 Å². The molecule has 1 saturated heterocycles. The Kier molecular flexibility index (Phi) is 4.38. The molecule has 1 aliphatic heterocycles. The molecule has 1 amide bonds. The maximum atomic E-state index is 13.3. The summed E-state index contributed by atoms with van der Waals surface area (Å²) in [6.07, 6.45) is 9.99. The van der Waals surface area contributed by atoms with Gasteiger partial charge in [-0.3, -0.25) is 9.48 Å². The lowest BCUT2D eigenvalue weighted by atomic mass is 10.1. The first kappa shape index (κ1) is 17.3. The van der Waals surface area contributed by atoms with E-state index in [0.717, 1.165) is 18.4 Å². The second-order valence-electron chi connectivity index (χ2n) is 7.32. The Morgan fingerprint density at radius 1 is 1.27 bits per heavy atom. The highest BCUT2D eigenvalue weighted by Gasteiger charge is 2.37. The van der Waals surface area contributed by atoms with Crippen LogP contribution in [0.4, 0.5) is 0 Å². The summed E-state index contributed by atoms with van der Waals surface area (Å²) >= 11 is 0. The fraction of sp³-hybridized carbons (Fsp3) is 0.556. The lowest BCUT2D eigenvalue weighted by molar-refractivity contribution is 0.0684. The molecule has 1 aliphatic carbocycles. The van der Waals surface area contributed by atoms with Gasteiger partial charge in [-0.25, -0.2) is 8.42 Å². The van der Waals surface area contributed by atoms with Gasteiger partial charge in [-0.15, -0.1) is 0 Å². The Bertz CT molecular complexity index is 909. The highest BCUT2D eigenvalue weighted by Crippen LogP contribution is 2.33. The van der Waals surface area contributed by atoms with Gasteiger partial charge in [0.1, 0.15) is 5.69 Å². The summed E-state index contributed by atoms with van der Waals surface area (Å²) in [6, 6.07) is 3.64. The molecular formula is C18H24N4O3S. The van der Waals surface area contributed by atoms with Gasteiger partial charge in [-0.2, -0.15) is 5.10 Å². The molecule has 0 bridgehead atoms. The fourth-order valence-electron chi connectivity index (χ4n) is 4.16. The van der Waals surface area contributed by atoms with Crippen molar-refractivity contribution in [2.24, 2.45) is 7.05 Å². The van der Waals surface area contributed by atoms with Crippen molar-refractivity contribution in [3.8, 4) is 0 Å². The van der Waals surface area contributed by atoms with Gasteiger partial charge in [-0.05, 0) is 25.0 Å². The lowest BCUT2D eigenvalue weighted by Gasteiger charge is -2.35. The summed E-state index contributed by atoms with van der Waals surface area (Å²) < 4.78 is 28.1. The van der Waals surface area contributed by atoms with Gasteiger partial charge < -0.3 is 9.47 Å². The molecule has 1 saturated carbocycles. The van der Waals surface area contributed by atoms with Crippen molar-refractivity contribution in [3.05, 3.63) is 42.0 Å². The van der Waals surface area contributed by atoms with E-state index in [1.165, 1.54) is 12.8 Å². The second kappa shape index (κ2) is 6.57. The monoisotopic (exact) mass is 376 g/mol. The number of hydrogen-bond donors (Lipinski definition) is 0. The number of carbonyl (C=O) groups is 1. The molecule has 26 heavy (non-hydrogen) atoms. The molecule has 0 radical (unpaired) electrons. The van der Waals surface area contributed by atoms with Crippen molar-refractivity contribution in [2.45, 2.75) is 37.8 Å². The number of amides is 1. The summed E-state index contributed by atoms with van der Waals surface area (Å²) in [5, 5.41) is 4.16. The van der Waals surface area contributed by atoms with Crippen LogP contribution >= 0.6 is 0 Å². The standard InChI is InChI=1S/C18H24N4O3S/c1-20-12-14(11-19-20)17-13-26(24,25)10-9-22(17)18(23)16-7-4-8-21(16)15-5-2-3-6-15/h4,7-8,11-12,15,17H,2-3,5-6,9-10,13H2,1H3. The zero-order chi connectivity index (χ0) is 18.3. The molecule has 2 aromatic heterocycles. The topological polar surface area (TPSA) is 77.2 Å². The predicted octanol–water partition coefficient (Wildman–Crippen LogP) is 1.95. The molecule has 3 heterocycles. The molecule has 1 atom stereocenters. The summed E-state index contributed by atoms with van der Waals surface area (Å²) in [5.41, 5.74) is 1.42. The molecule has 0 N–H and O–H groups in total. The van der Waals surface area contributed by atoms with Crippen molar-refractivity contribution >= 4 is 15.7 Å². The molecule has 4 rings (SSSR count). The first-order valence-electron chi connectivity index (χ1n) is 9.11. The van der Waals surface area contributed by atoms with Gasteiger partial charge in [0.25, 0.3) is 5.91 Å². The third-order valence-corrected chi connectivity index (χ3v) is 7.15. The summed E-state index contributed by atoms with van der Waals surface area (Å²) in [5.74, 6) is -0.126. The number of rotatable bonds is 3. The van der Waals surface area contributed by atoms with Gasteiger partial charge in [0.2, 0.25) is 0 Å². The molecule has 2 aliphatic rings. The van der Waals surface area contributed by atoms with Crippen molar-refractivity contribution in [2.75, 3.05) is 18.1 Å². The lowest BCUT2D eigenvalue weighted by Crippen LogP contribution is -2.46. The van der Waals surface area contributed by atoms with Crippen LogP contribution in [-0.2, 0) is 16.9 Å². The average Bonchev–Trinajstić information content (AvgIpc) is 3.34. The molecular weight excluding hydrogens is 352 g/mol. The number of hydrogen-bond acceptors (Lipinski definition) is 4. The Balaban J connectivity index is 1.66. The largest absolute Gasteiger partial charge is 0.340 e. The Hall–Kier alpha value is -2.09.